The number of hydrogen-bond donors (Lipinski definition) is 1. The van der Waals surface area contributed by atoms with Gasteiger partial charge < -0.3 is 10.1 Å². The molecule has 0 spiro atoms. The van der Waals surface area contributed by atoms with Crippen molar-refractivity contribution in [3.05, 3.63) is 0 Å². The SMILES string of the molecule is COC(C)(C)C(=O)NC(C)C(C)=O. The molecule has 76 valence electrons. The Labute approximate surface area is 78.6 Å². The third kappa shape index (κ3) is 3.55. The van der Waals surface area contributed by atoms with Gasteiger partial charge in [-0.1, -0.05) is 0 Å². The molecule has 0 aromatic carbocycles. The van der Waals surface area contributed by atoms with Crippen LogP contribution in [0, 0.1) is 0 Å². The number of amides is 1. The van der Waals surface area contributed by atoms with E-state index in [1.54, 1.807) is 20.8 Å². The summed E-state index contributed by atoms with van der Waals surface area (Å²) >= 11 is 0. The largest absolute Gasteiger partial charge is 0.369 e. The van der Waals surface area contributed by atoms with Gasteiger partial charge in [0.25, 0.3) is 5.91 Å². The molecule has 4 heteroatoms. The number of carbonyl (C=O) groups is 2. The molecule has 13 heavy (non-hydrogen) atoms. The summed E-state index contributed by atoms with van der Waals surface area (Å²) in [6, 6.07) is -0.457. The second kappa shape index (κ2) is 4.37. The molecule has 0 aromatic heterocycles. The maximum absolute atomic E-state index is 11.4. The Morgan fingerprint density at radius 1 is 1.38 bits per heavy atom. The predicted molar refractivity (Wildman–Crippen MR) is 49.4 cm³/mol. The molecule has 0 saturated heterocycles. The second-order valence-electron chi connectivity index (χ2n) is 3.52. The average molecular weight is 187 g/mol. The van der Waals surface area contributed by atoms with Crippen LogP contribution in [-0.2, 0) is 14.3 Å². The van der Waals surface area contributed by atoms with Gasteiger partial charge in [-0.05, 0) is 27.7 Å². The number of hydrogen-bond acceptors (Lipinski definition) is 3. The van der Waals surface area contributed by atoms with Crippen LogP contribution >= 0.6 is 0 Å². The first kappa shape index (κ1) is 12.1. The van der Waals surface area contributed by atoms with Crippen molar-refractivity contribution in [3.8, 4) is 0 Å². The fraction of sp³-hybridized carbons (Fsp3) is 0.778. The van der Waals surface area contributed by atoms with E-state index < -0.39 is 11.6 Å². The van der Waals surface area contributed by atoms with Gasteiger partial charge in [-0.15, -0.1) is 0 Å². The molecule has 0 heterocycles. The lowest BCUT2D eigenvalue weighted by Gasteiger charge is -2.23. The van der Waals surface area contributed by atoms with Crippen molar-refractivity contribution in [3.63, 3.8) is 0 Å². The Morgan fingerprint density at radius 3 is 2.15 bits per heavy atom. The lowest BCUT2D eigenvalue weighted by molar-refractivity contribution is -0.141. The minimum Gasteiger partial charge on any atom is -0.369 e. The number of ether oxygens (including phenoxy) is 1. The van der Waals surface area contributed by atoms with Crippen molar-refractivity contribution in [1.82, 2.24) is 5.32 Å². The Balaban J connectivity index is 4.23. The first-order valence-electron chi connectivity index (χ1n) is 4.18. The molecule has 0 radical (unpaired) electrons. The molecule has 1 atom stereocenters. The molecule has 1 unspecified atom stereocenters. The van der Waals surface area contributed by atoms with Crippen molar-refractivity contribution >= 4 is 11.7 Å². The van der Waals surface area contributed by atoms with Gasteiger partial charge in [0.15, 0.2) is 5.78 Å². The Morgan fingerprint density at radius 2 is 1.85 bits per heavy atom. The third-order valence-corrected chi connectivity index (χ3v) is 2.01. The van der Waals surface area contributed by atoms with Crippen LogP contribution in [0.15, 0.2) is 0 Å². The molecule has 0 saturated carbocycles. The average Bonchev–Trinajstić information content (AvgIpc) is 2.04. The second-order valence-corrected chi connectivity index (χ2v) is 3.52. The summed E-state index contributed by atoms with van der Waals surface area (Å²) in [5.41, 5.74) is -0.885. The van der Waals surface area contributed by atoms with Crippen LogP contribution in [0.3, 0.4) is 0 Å². The maximum atomic E-state index is 11.4. The molecule has 4 nitrogen and oxygen atoms in total. The number of ketones is 1. The van der Waals surface area contributed by atoms with E-state index in [-0.39, 0.29) is 11.7 Å². The number of carbonyl (C=O) groups excluding carboxylic acids is 2. The van der Waals surface area contributed by atoms with Crippen LogP contribution in [0.5, 0.6) is 0 Å². The van der Waals surface area contributed by atoms with Crippen molar-refractivity contribution in [1.29, 1.82) is 0 Å². The number of rotatable bonds is 4. The van der Waals surface area contributed by atoms with Gasteiger partial charge in [-0.3, -0.25) is 9.59 Å². The highest BCUT2D eigenvalue weighted by Gasteiger charge is 2.28. The van der Waals surface area contributed by atoms with E-state index in [1.807, 2.05) is 0 Å². The van der Waals surface area contributed by atoms with Crippen LogP contribution in [-0.4, -0.2) is 30.4 Å². The zero-order valence-electron chi connectivity index (χ0n) is 8.80. The lowest BCUT2D eigenvalue weighted by atomic mass is 10.1. The maximum Gasteiger partial charge on any atom is 0.252 e. The van der Waals surface area contributed by atoms with Gasteiger partial charge >= 0.3 is 0 Å². The number of nitrogens with one attached hydrogen (secondary N) is 1. The molecule has 1 amide bonds. The van der Waals surface area contributed by atoms with Gasteiger partial charge in [-0.2, -0.15) is 0 Å². The van der Waals surface area contributed by atoms with E-state index in [1.165, 1.54) is 14.0 Å². The zero-order chi connectivity index (χ0) is 10.6. The quantitative estimate of drug-likeness (QED) is 0.697. The molecular weight excluding hydrogens is 170 g/mol. The summed E-state index contributed by atoms with van der Waals surface area (Å²) in [6.07, 6.45) is 0. The molecular formula is C9H17NO3. The minimum atomic E-state index is -0.885. The minimum absolute atomic E-state index is 0.0692. The van der Waals surface area contributed by atoms with Crippen molar-refractivity contribution in [2.75, 3.05) is 7.11 Å². The van der Waals surface area contributed by atoms with Crippen LogP contribution in [0.25, 0.3) is 0 Å². The summed E-state index contributed by atoms with van der Waals surface area (Å²) in [5, 5.41) is 2.56. The summed E-state index contributed by atoms with van der Waals surface area (Å²) in [7, 11) is 1.46. The van der Waals surface area contributed by atoms with Crippen LogP contribution < -0.4 is 5.32 Å². The fourth-order valence-electron chi connectivity index (χ4n) is 0.565. The smallest absolute Gasteiger partial charge is 0.252 e. The standard InChI is InChI=1S/C9H17NO3/c1-6(7(2)11)10-8(12)9(3,4)13-5/h6H,1-5H3,(H,10,12). The molecule has 0 aliphatic rings. The normalized spacial score (nSPS) is 13.6. The summed E-state index contributed by atoms with van der Waals surface area (Å²) in [4.78, 5) is 22.3. The predicted octanol–water partition coefficient (Wildman–Crippen LogP) is 0.505. The number of Topliss-reactive ketones (excluding diaryl/α,β-unsaturated/α-hetero) is 1. The van der Waals surface area contributed by atoms with Crippen LogP contribution in [0.2, 0.25) is 0 Å². The summed E-state index contributed by atoms with van der Waals surface area (Å²) < 4.78 is 4.96. The Hall–Kier alpha value is -0.900. The third-order valence-electron chi connectivity index (χ3n) is 2.01. The van der Waals surface area contributed by atoms with E-state index in [9.17, 15) is 9.59 Å². The van der Waals surface area contributed by atoms with E-state index in [0.717, 1.165) is 0 Å². The summed E-state index contributed by atoms with van der Waals surface area (Å²) in [6.45, 7) is 6.38. The van der Waals surface area contributed by atoms with Gasteiger partial charge in [-0.25, -0.2) is 0 Å². The van der Waals surface area contributed by atoms with Gasteiger partial charge in [0, 0.05) is 7.11 Å². The monoisotopic (exact) mass is 187 g/mol. The highest BCUT2D eigenvalue weighted by molar-refractivity contribution is 5.90. The molecule has 0 aliphatic carbocycles. The highest BCUT2D eigenvalue weighted by atomic mass is 16.5. The van der Waals surface area contributed by atoms with Gasteiger partial charge in [0.2, 0.25) is 0 Å². The van der Waals surface area contributed by atoms with E-state index >= 15 is 0 Å². The molecule has 1 N–H and O–H groups in total. The Bertz CT molecular complexity index is 211. The van der Waals surface area contributed by atoms with Crippen molar-refractivity contribution in [2.24, 2.45) is 0 Å². The molecule has 0 fully saturated rings. The zero-order valence-corrected chi connectivity index (χ0v) is 8.80. The van der Waals surface area contributed by atoms with E-state index in [0.29, 0.717) is 0 Å². The lowest BCUT2D eigenvalue weighted by Crippen LogP contribution is -2.48. The molecule has 0 aliphatic heterocycles. The fourth-order valence-corrected chi connectivity index (χ4v) is 0.565. The van der Waals surface area contributed by atoms with Crippen molar-refractivity contribution < 1.29 is 14.3 Å². The molecule has 0 rings (SSSR count). The van der Waals surface area contributed by atoms with Gasteiger partial charge in [0.1, 0.15) is 5.60 Å². The topological polar surface area (TPSA) is 55.4 Å². The van der Waals surface area contributed by atoms with Gasteiger partial charge in [0.05, 0.1) is 6.04 Å². The highest BCUT2D eigenvalue weighted by Crippen LogP contribution is 2.07. The summed E-state index contributed by atoms with van der Waals surface area (Å²) in [5.74, 6) is -0.349. The van der Waals surface area contributed by atoms with Crippen molar-refractivity contribution in [2.45, 2.75) is 39.3 Å². The van der Waals surface area contributed by atoms with Crippen LogP contribution in [0.1, 0.15) is 27.7 Å². The molecule has 0 bridgehead atoms. The first-order valence-corrected chi connectivity index (χ1v) is 4.18. The first-order chi connectivity index (χ1) is 5.81. The van der Waals surface area contributed by atoms with E-state index in [2.05, 4.69) is 5.32 Å². The molecule has 0 aromatic rings. The number of methoxy groups -OCH3 is 1. The Kier molecular flexibility index (Phi) is 4.07. The van der Waals surface area contributed by atoms with Crippen LogP contribution in [0.4, 0.5) is 0 Å². The van der Waals surface area contributed by atoms with E-state index in [4.69, 9.17) is 4.74 Å².